The van der Waals surface area contributed by atoms with Gasteiger partial charge in [-0.05, 0) is 23.6 Å². The summed E-state index contributed by atoms with van der Waals surface area (Å²) in [6.45, 7) is 1.94. The van der Waals surface area contributed by atoms with Gasteiger partial charge in [-0.1, -0.05) is 60.1 Å². The third-order valence-electron chi connectivity index (χ3n) is 6.68. The summed E-state index contributed by atoms with van der Waals surface area (Å²) in [4.78, 5) is 31.7. The van der Waals surface area contributed by atoms with Crippen LogP contribution in [0.15, 0.2) is 72.1 Å². The number of thioether (sulfide) groups is 1. The lowest BCUT2D eigenvalue weighted by Gasteiger charge is -2.30. The molecule has 38 heavy (non-hydrogen) atoms. The van der Waals surface area contributed by atoms with Crippen molar-refractivity contribution in [2.45, 2.75) is 5.25 Å². The number of anilines is 1. The molecule has 194 valence electrons. The molecule has 2 aliphatic heterocycles. The van der Waals surface area contributed by atoms with Crippen LogP contribution in [0.25, 0.3) is 16.9 Å². The number of benzene rings is 2. The second-order valence-corrected chi connectivity index (χ2v) is 11.5. The first-order valence-corrected chi connectivity index (χ1v) is 14.7. The first-order chi connectivity index (χ1) is 18.6. The molecular weight excluding hydrogens is 540 g/mol. The highest BCUT2D eigenvalue weighted by atomic mass is 35.5. The highest BCUT2D eigenvalue weighted by Crippen LogP contribution is 2.49. The van der Waals surface area contributed by atoms with Crippen LogP contribution in [0, 0.1) is 0 Å². The molecule has 0 saturated carbocycles. The fourth-order valence-corrected chi connectivity index (χ4v) is 7.22. The van der Waals surface area contributed by atoms with Crippen molar-refractivity contribution in [2.75, 3.05) is 43.5 Å². The lowest BCUT2D eigenvalue weighted by molar-refractivity contribution is -0.134. The summed E-state index contributed by atoms with van der Waals surface area (Å²) in [5.41, 5.74) is 3.26. The molecule has 2 aromatic heterocycles. The minimum absolute atomic E-state index is 0.0755. The SMILES string of the molecule is O=C(CN1C(=O)CS[C@@H](c2cccs2)c2c(-c3ccccc3)nn(-c3ccccc3Cl)c21)N1CCOCC1. The second kappa shape index (κ2) is 10.9. The van der Waals surface area contributed by atoms with E-state index in [1.807, 2.05) is 60.0 Å². The quantitative estimate of drug-likeness (QED) is 0.330. The Morgan fingerprint density at radius 1 is 1.03 bits per heavy atom. The van der Waals surface area contributed by atoms with Crippen molar-refractivity contribution in [3.05, 3.63) is 87.6 Å². The van der Waals surface area contributed by atoms with Crippen molar-refractivity contribution >= 4 is 52.3 Å². The van der Waals surface area contributed by atoms with Crippen molar-refractivity contribution in [1.29, 1.82) is 0 Å². The third-order valence-corrected chi connectivity index (χ3v) is 9.32. The number of rotatable bonds is 5. The highest BCUT2D eigenvalue weighted by molar-refractivity contribution is 8.00. The zero-order chi connectivity index (χ0) is 26.1. The molecule has 2 aliphatic rings. The predicted molar refractivity (Wildman–Crippen MR) is 152 cm³/mol. The predicted octanol–water partition coefficient (Wildman–Crippen LogP) is 5.28. The van der Waals surface area contributed by atoms with Gasteiger partial charge in [-0.25, -0.2) is 4.68 Å². The van der Waals surface area contributed by atoms with Crippen molar-refractivity contribution in [1.82, 2.24) is 14.7 Å². The van der Waals surface area contributed by atoms with E-state index in [-0.39, 0.29) is 29.4 Å². The number of carbonyl (C=O) groups excluding carboxylic acids is 2. The molecule has 7 nitrogen and oxygen atoms in total. The van der Waals surface area contributed by atoms with E-state index in [1.165, 1.54) is 0 Å². The van der Waals surface area contributed by atoms with Gasteiger partial charge in [0.15, 0.2) is 0 Å². The molecule has 6 rings (SSSR count). The Labute approximate surface area is 234 Å². The summed E-state index contributed by atoms with van der Waals surface area (Å²) >= 11 is 9.91. The lowest BCUT2D eigenvalue weighted by atomic mass is 10.0. The molecule has 2 aromatic carbocycles. The molecule has 4 heterocycles. The Bertz CT molecular complexity index is 1450. The van der Waals surface area contributed by atoms with Gasteiger partial charge in [-0.15, -0.1) is 23.1 Å². The average Bonchev–Trinajstić information content (AvgIpc) is 3.60. The molecule has 1 saturated heterocycles. The van der Waals surface area contributed by atoms with E-state index in [0.717, 1.165) is 21.7 Å². The van der Waals surface area contributed by atoms with Crippen LogP contribution in [-0.4, -0.2) is 65.1 Å². The van der Waals surface area contributed by atoms with E-state index >= 15 is 0 Å². The van der Waals surface area contributed by atoms with E-state index in [2.05, 4.69) is 6.07 Å². The van der Waals surface area contributed by atoms with Gasteiger partial charge >= 0.3 is 0 Å². The van der Waals surface area contributed by atoms with Gasteiger partial charge in [0.2, 0.25) is 11.8 Å². The minimum Gasteiger partial charge on any atom is -0.378 e. The van der Waals surface area contributed by atoms with Gasteiger partial charge in [-0.2, -0.15) is 5.10 Å². The topological polar surface area (TPSA) is 67.7 Å². The van der Waals surface area contributed by atoms with Gasteiger partial charge in [0, 0.05) is 29.1 Å². The molecule has 0 unspecified atom stereocenters. The number of nitrogens with zero attached hydrogens (tertiary/aromatic N) is 4. The summed E-state index contributed by atoms with van der Waals surface area (Å²) in [6.07, 6.45) is 0. The van der Waals surface area contributed by atoms with Crippen LogP contribution in [-0.2, 0) is 14.3 Å². The summed E-state index contributed by atoms with van der Waals surface area (Å²) in [5.74, 6) is 0.585. The molecular formula is C28H25ClN4O3S2. The van der Waals surface area contributed by atoms with E-state index in [0.29, 0.717) is 42.8 Å². The number of fused-ring (bicyclic) bond motifs is 1. The molecule has 0 bridgehead atoms. The number of halogens is 1. The maximum Gasteiger partial charge on any atom is 0.242 e. The molecule has 1 atom stereocenters. The Hall–Kier alpha value is -3.11. The van der Waals surface area contributed by atoms with Crippen molar-refractivity contribution < 1.29 is 14.3 Å². The Kier molecular flexibility index (Phi) is 7.25. The first kappa shape index (κ1) is 25.2. The summed E-state index contributed by atoms with van der Waals surface area (Å²) in [7, 11) is 0. The highest BCUT2D eigenvalue weighted by Gasteiger charge is 2.38. The zero-order valence-corrected chi connectivity index (χ0v) is 22.8. The Balaban J connectivity index is 1.58. The molecule has 0 N–H and O–H groups in total. The average molecular weight is 565 g/mol. The van der Waals surface area contributed by atoms with Crippen molar-refractivity contribution in [3.8, 4) is 16.9 Å². The Morgan fingerprint density at radius 2 is 1.79 bits per heavy atom. The molecule has 10 heteroatoms. The molecule has 2 amide bonds. The van der Waals surface area contributed by atoms with Gasteiger partial charge in [0.05, 0.1) is 40.6 Å². The number of ether oxygens (including phenoxy) is 1. The largest absolute Gasteiger partial charge is 0.378 e. The smallest absolute Gasteiger partial charge is 0.242 e. The molecule has 4 aromatic rings. The van der Waals surface area contributed by atoms with Crippen LogP contribution in [0.4, 0.5) is 5.82 Å². The molecule has 0 aliphatic carbocycles. The number of aromatic nitrogens is 2. The lowest BCUT2D eigenvalue weighted by Crippen LogP contribution is -2.48. The van der Waals surface area contributed by atoms with E-state index in [1.54, 1.807) is 43.6 Å². The standard InChI is InChI=1S/C28H25ClN4O3S2/c29-20-9-4-5-10-21(20)33-28-25(26(30-33)19-7-2-1-3-8-19)27(22-11-6-16-37-22)38-18-24(35)32(28)17-23(34)31-12-14-36-15-13-31/h1-11,16,27H,12-15,17-18H2/t27-/m0/s1. The number of para-hydroxylation sites is 1. The number of amides is 2. The zero-order valence-electron chi connectivity index (χ0n) is 20.5. The minimum atomic E-state index is -0.135. The van der Waals surface area contributed by atoms with Gasteiger partial charge in [0.25, 0.3) is 0 Å². The summed E-state index contributed by atoms with van der Waals surface area (Å²) in [6, 6.07) is 21.5. The van der Waals surface area contributed by atoms with Crippen LogP contribution < -0.4 is 4.90 Å². The van der Waals surface area contributed by atoms with Gasteiger partial charge in [-0.3, -0.25) is 14.5 Å². The van der Waals surface area contributed by atoms with Crippen LogP contribution in [0.5, 0.6) is 0 Å². The summed E-state index contributed by atoms with van der Waals surface area (Å²) in [5, 5.41) is 7.50. The molecule has 1 fully saturated rings. The van der Waals surface area contributed by atoms with E-state index in [4.69, 9.17) is 21.4 Å². The maximum atomic E-state index is 13.8. The first-order valence-electron chi connectivity index (χ1n) is 12.4. The maximum absolute atomic E-state index is 13.8. The van der Waals surface area contributed by atoms with Gasteiger partial charge < -0.3 is 9.64 Å². The number of morpholine rings is 1. The Morgan fingerprint density at radius 3 is 2.53 bits per heavy atom. The van der Waals surface area contributed by atoms with Crippen molar-refractivity contribution in [2.24, 2.45) is 0 Å². The number of carbonyl (C=O) groups is 2. The summed E-state index contributed by atoms with van der Waals surface area (Å²) < 4.78 is 7.18. The fraction of sp³-hybridized carbons (Fsp3) is 0.250. The van der Waals surface area contributed by atoms with Crippen molar-refractivity contribution in [3.63, 3.8) is 0 Å². The third kappa shape index (κ3) is 4.75. The van der Waals surface area contributed by atoms with Crippen LogP contribution >= 0.6 is 34.7 Å². The number of hydrogen-bond acceptors (Lipinski definition) is 6. The fourth-order valence-electron chi connectivity index (χ4n) is 4.83. The normalized spacial score (nSPS) is 17.8. The number of hydrogen-bond donors (Lipinski definition) is 0. The van der Waals surface area contributed by atoms with Crippen LogP contribution in [0.1, 0.15) is 15.7 Å². The monoisotopic (exact) mass is 564 g/mol. The van der Waals surface area contributed by atoms with Crippen LogP contribution in [0.2, 0.25) is 5.02 Å². The second-order valence-electron chi connectivity index (χ2n) is 8.99. The van der Waals surface area contributed by atoms with Gasteiger partial charge in [0.1, 0.15) is 12.4 Å². The molecule has 0 radical (unpaired) electrons. The van der Waals surface area contributed by atoms with Crippen LogP contribution in [0.3, 0.4) is 0 Å². The molecule has 0 spiro atoms. The number of thiophene rings is 1. The van der Waals surface area contributed by atoms with E-state index in [9.17, 15) is 9.59 Å². The van der Waals surface area contributed by atoms with E-state index < -0.39 is 0 Å².